The highest BCUT2D eigenvalue weighted by atomic mass is 32.2. The lowest BCUT2D eigenvalue weighted by Gasteiger charge is -2.10. The molecule has 0 radical (unpaired) electrons. The number of nitro benzene ring substituents is 1. The van der Waals surface area contributed by atoms with Crippen molar-refractivity contribution in [3.63, 3.8) is 0 Å². The first kappa shape index (κ1) is 22.8. The zero-order valence-corrected chi connectivity index (χ0v) is 17.9. The fourth-order valence-corrected chi connectivity index (χ4v) is 4.41. The van der Waals surface area contributed by atoms with Crippen LogP contribution < -0.4 is 0 Å². The summed E-state index contributed by atoms with van der Waals surface area (Å²) in [6, 6.07) is 16.6. The lowest BCUT2D eigenvalue weighted by molar-refractivity contribution is -0.384. The van der Waals surface area contributed by atoms with E-state index >= 15 is 0 Å². The Hall–Kier alpha value is -3.85. The van der Waals surface area contributed by atoms with Crippen LogP contribution in [0.5, 0.6) is 0 Å². The Labute approximate surface area is 184 Å². The number of sulfone groups is 1. The predicted octanol–water partition coefficient (Wildman–Crippen LogP) is 4.03. The molecule has 0 saturated carbocycles. The molecule has 164 valence electrons. The quantitative estimate of drug-likeness (QED) is 0.218. The Morgan fingerprint density at radius 2 is 1.56 bits per heavy atom. The van der Waals surface area contributed by atoms with Crippen molar-refractivity contribution in [2.75, 3.05) is 6.61 Å². The van der Waals surface area contributed by atoms with Crippen molar-refractivity contribution in [3.05, 3.63) is 99.6 Å². The summed E-state index contributed by atoms with van der Waals surface area (Å²) in [5, 5.41) is 10.8. The number of Topliss-reactive ketones (excluding diaryl/α,β-unsaturated/α-hetero) is 1. The molecule has 9 heteroatoms. The number of nitro groups is 1. The Morgan fingerprint density at radius 3 is 2.16 bits per heavy atom. The van der Waals surface area contributed by atoms with Crippen LogP contribution in [0.1, 0.15) is 33.2 Å². The zero-order valence-electron chi connectivity index (χ0n) is 17.1. The van der Waals surface area contributed by atoms with Gasteiger partial charge >= 0.3 is 5.97 Å². The molecule has 3 rings (SSSR count). The highest BCUT2D eigenvalue weighted by molar-refractivity contribution is 7.91. The number of hydrogen-bond acceptors (Lipinski definition) is 7. The van der Waals surface area contributed by atoms with E-state index in [-0.39, 0.29) is 21.0 Å². The van der Waals surface area contributed by atoms with Crippen molar-refractivity contribution >= 4 is 27.3 Å². The second-order valence-corrected chi connectivity index (χ2v) is 8.72. The molecular formula is C23H19NO7S. The molecule has 8 nitrogen and oxygen atoms in total. The minimum Gasteiger partial charge on any atom is -0.454 e. The minimum atomic E-state index is -4.16. The Bertz CT molecular complexity index is 1260. The fourth-order valence-electron chi connectivity index (χ4n) is 2.96. The van der Waals surface area contributed by atoms with E-state index in [1.807, 2.05) is 6.92 Å². The van der Waals surface area contributed by atoms with Crippen LogP contribution in [0.25, 0.3) is 0 Å². The van der Waals surface area contributed by atoms with E-state index in [0.717, 1.165) is 36.2 Å². The number of carbonyl (C=O) groups is 2. The molecule has 0 bridgehead atoms. The van der Waals surface area contributed by atoms with Gasteiger partial charge in [-0.3, -0.25) is 14.9 Å². The first-order chi connectivity index (χ1) is 15.2. The van der Waals surface area contributed by atoms with Gasteiger partial charge in [-0.25, -0.2) is 13.2 Å². The van der Waals surface area contributed by atoms with Gasteiger partial charge in [-0.15, -0.1) is 0 Å². The van der Waals surface area contributed by atoms with Crippen LogP contribution in [0, 0.1) is 10.1 Å². The third-order valence-corrected chi connectivity index (χ3v) is 6.60. The number of nitrogens with zero attached hydrogens (tertiary/aromatic N) is 1. The van der Waals surface area contributed by atoms with E-state index in [1.165, 1.54) is 24.3 Å². The maximum atomic E-state index is 13.0. The third kappa shape index (κ3) is 4.89. The predicted molar refractivity (Wildman–Crippen MR) is 115 cm³/mol. The maximum Gasteiger partial charge on any atom is 0.339 e. The van der Waals surface area contributed by atoms with E-state index in [4.69, 9.17) is 4.74 Å². The summed E-state index contributed by atoms with van der Waals surface area (Å²) in [6.07, 6.45) is 0.823. The number of carbonyl (C=O) groups excluding carboxylic acids is 2. The molecular weight excluding hydrogens is 434 g/mol. The Kier molecular flexibility index (Phi) is 6.79. The van der Waals surface area contributed by atoms with Gasteiger partial charge in [-0.1, -0.05) is 43.3 Å². The average Bonchev–Trinajstić information content (AvgIpc) is 2.82. The van der Waals surface area contributed by atoms with Crippen LogP contribution in [0.15, 0.2) is 82.6 Å². The first-order valence-corrected chi connectivity index (χ1v) is 11.1. The molecule has 0 aliphatic rings. The normalized spacial score (nSPS) is 11.0. The minimum absolute atomic E-state index is 0.213. The molecule has 3 aromatic carbocycles. The Balaban J connectivity index is 1.81. The smallest absolute Gasteiger partial charge is 0.339 e. The molecule has 0 aromatic heterocycles. The molecule has 0 N–H and O–H groups in total. The number of rotatable bonds is 8. The molecule has 0 heterocycles. The molecule has 0 spiro atoms. The van der Waals surface area contributed by atoms with E-state index in [0.29, 0.717) is 5.56 Å². The summed E-state index contributed by atoms with van der Waals surface area (Å²) in [6.45, 7) is 1.44. The number of esters is 1. The van der Waals surface area contributed by atoms with Crippen molar-refractivity contribution in [3.8, 4) is 0 Å². The van der Waals surface area contributed by atoms with E-state index in [9.17, 15) is 28.1 Å². The van der Waals surface area contributed by atoms with Gasteiger partial charge in [0.15, 0.2) is 12.4 Å². The number of ketones is 1. The number of benzene rings is 3. The van der Waals surface area contributed by atoms with E-state index in [1.54, 1.807) is 24.3 Å². The molecule has 0 atom stereocenters. The van der Waals surface area contributed by atoms with Gasteiger partial charge in [0.2, 0.25) is 9.84 Å². The molecule has 0 aliphatic heterocycles. The van der Waals surface area contributed by atoms with Crippen LogP contribution >= 0.6 is 0 Å². The van der Waals surface area contributed by atoms with Crippen molar-refractivity contribution in [1.82, 2.24) is 0 Å². The molecule has 0 saturated heterocycles. The number of non-ortho nitro benzene ring substituents is 1. The monoisotopic (exact) mass is 453 g/mol. The molecule has 0 amide bonds. The summed E-state index contributed by atoms with van der Waals surface area (Å²) in [7, 11) is -4.16. The topological polar surface area (TPSA) is 121 Å². The maximum absolute atomic E-state index is 13.0. The summed E-state index contributed by atoms with van der Waals surface area (Å²) >= 11 is 0. The zero-order chi connectivity index (χ0) is 23.3. The highest BCUT2D eigenvalue weighted by Crippen LogP contribution is 2.26. The molecule has 3 aromatic rings. The summed E-state index contributed by atoms with van der Waals surface area (Å²) in [5.41, 5.74) is 0.938. The van der Waals surface area contributed by atoms with E-state index in [2.05, 4.69) is 0 Å². The second-order valence-electron chi connectivity index (χ2n) is 6.80. The molecule has 32 heavy (non-hydrogen) atoms. The number of aryl methyl sites for hydroxylation is 1. The highest BCUT2D eigenvalue weighted by Gasteiger charge is 2.26. The average molecular weight is 453 g/mol. The summed E-state index contributed by atoms with van der Waals surface area (Å²) in [5.74, 6) is -1.39. The summed E-state index contributed by atoms with van der Waals surface area (Å²) < 4.78 is 31.1. The second kappa shape index (κ2) is 9.52. The first-order valence-electron chi connectivity index (χ1n) is 9.62. The lowest BCUT2D eigenvalue weighted by Crippen LogP contribution is -2.17. The van der Waals surface area contributed by atoms with Gasteiger partial charge in [-0.05, 0) is 36.2 Å². The Morgan fingerprint density at radius 1 is 0.938 bits per heavy atom. The van der Waals surface area contributed by atoms with Crippen molar-refractivity contribution in [1.29, 1.82) is 0 Å². The lowest BCUT2D eigenvalue weighted by atomic mass is 10.1. The van der Waals surface area contributed by atoms with E-state index < -0.39 is 33.1 Å². The molecule has 0 fully saturated rings. The van der Waals surface area contributed by atoms with Gasteiger partial charge in [0, 0.05) is 17.7 Å². The third-order valence-electron chi connectivity index (χ3n) is 4.77. The standard InChI is InChI=1S/C23H19NO7S/c1-2-16-7-9-17(10-8-16)21(25)15-31-23(26)20-5-3-4-6-22(20)32(29,30)19-13-11-18(12-14-19)24(27)28/h3-14H,2,15H2,1H3. The molecule has 0 unspecified atom stereocenters. The molecule has 0 aliphatic carbocycles. The van der Waals surface area contributed by atoms with Crippen LogP contribution in [-0.4, -0.2) is 31.7 Å². The SMILES string of the molecule is CCc1ccc(C(=O)COC(=O)c2ccccc2S(=O)(=O)c2ccc([N+](=O)[O-])cc2)cc1. The fraction of sp³-hybridized carbons (Fsp3) is 0.130. The summed E-state index contributed by atoms with van der Waals surface area (Å²) in [4.78, 5) is 34.5. The van der Waals surface area contributed by atoms with Crippen molar-refractivity contribution < 1.29 is 27.7 Å². The van der Waals surface area contributed by atoms with Crippen LogP contribution in [-0.2, 0) is 21.0 Å². The number of hydrogen-bond donors (Lipinski definition) is 0. The van der Waals surface area contributed by atoms with Gasteiger partial charge in [0.1, 0.15) is 0 Å². The largest absolute Gasteiger partial charge is 0.454 e. The van der Waals surface area contributed by atoms with Gasteiger partial charge in [-0.2, -0.15) is 0 Å². The van der Waals surface area contributed by atoms with Crippen LogP contribution in [0.4, 0.5) is 5.69 Å². The van der Waals surface area contributed by atoms with Crippen LogP contribution in [0.2, 0.25) is 0 Å². The van der Waals surface area contributed by atoms with Gasteiger partial charge in [0.05, 0.1) is 20.3 Å². The van der Waals surface area contributed by atoms with Crippen molar-refractivity contribution in [2.45, 2.75) is 23.1 Å². The van der Waals surface area contributed by atoms with Gasteiger partial charge < -0.3 is 4.74 Å². The van der Waals surface area contributed by atoms with Crippen LogP contribution in [0.3, 0.4) is 0 Å². The van der Waals surface area contributed by atoms with Crippen molar-refractivity contribution in [2.24, 2.45) is 0 Å². The number of ether oxygens (including phenoxy) is 1. The van der Waals surface area contributed by atoms with Gasteiger partial charge in [0.25, 0.3) is 5.69 Å².